The molecule has 1 fully saturated rings. The molecule has 1 aliphatic heterocycles. The SMILES string of the molecule is CNCC(=O)c1ccc(N2CCN(C)CC2)cc1. The summed E-state index contributed by atoms with van der Waals surface area (Å²) in [6, 6.07) is 7.95. The van der Waals surface area contributed by atoms with Gasteiger partial charge in [-0.1, -0.05) is 0 Å². The van der Waals surface area contributed by atoms with Gasteiger partial charge < -0.3 is 15.1 Å². The summed E-state index contributed by atoms with van der Waals surface area (Å²) in [7, 11) is 3.94. The van der Waals surface area contributed by atoms with Gasteiger partial charge in [-0.15, -0.1) is 0 Å². The molecule has 1 aromatic rings. The van der Waals surface area contributed by atoms with Crippen LogP contribution in [0.4, 0.5) is 5.69 Å². The lowest BCUT2D eigenvalue weighted by Gasteiger charge is -2.34. The number of nitrogens with one attached hydrogen (secondary N) is 1. The molecule has 0 bridgehead atoms. The normalized spacial score (nSPS) is 16.9. The number of benzene rings is 1. The maximum Gasteiger partial charge on any atom is 0.176 e. The van der Waals surface area contributed by atoms with Crippen LogP contribution in [0.25, 0.3) is 0 Å². The van der Waals surface area contributed by atoms with Crippen LogP contribution in [0.1, 0.15) is 10.4 Å². The molecule has 0 saturated carbocycles. The topological polar surface area (TPSA) is 35.6 Å². The maximum atomic E-state index is 11.7. The fraction of sp³-hybridized carbons (Fsp3) is 0.500. The zero-order chi connectivity index (χ0) is 13.0. The van der Waals surface area contributed by atoms with Gasteiger partial charge >= 0.3 is 0 Å². The van der Waals surface area contributed by atoms with Crippen molar-refractivity contribution in [3.63, 3.8) is 0 Å². The minimum absolute atomic E-state index is 0.141. The van der Waals surface area contributed by atoms with Gasteiger partial charge in [-0.25, -0.2) is 0 Å². The van der Waals surface area contributed by atoms with Gasteiger partial charge in [-0.05, 0) is 38.4 Å². The summed E-state index contributed by atoms with van der Waals surface area (Å²) in [6.07, 6.45) is 0. The monoisotopic (exact) mass is 247 g/mol. The van der Waals surface area contributed by atoms with Gasteiger partial charge in [0.05, 0.1) is 6.54 Å². The van der Waals surface area contributed by atoms with Crippen molar-refractivity contribution in [1.82, 2.24) is 10.2 Å². The number of rotatable bonds is 4. The summed E-state index contributed by atoms with van der Waals surface area (Å²) in [4.78, 5) is 16.4. The number of carbonyl (C=O) groups is 1. The summed E-state index contributed by atoms with van der Waals surface area (Å²) in [5, 5.41) is 2.88. The van der Waals surface area contributed by atoms with E-state index in [1.807, 2.05) is 24.3 Å². The molecule has 98 valence electrons. The molecule has 2 rings (SSSR count). The molecule has 1 aliphatic rings. The van der Waals surface area contributed by atoms with E-state index in [0.717, 1.165) is 31.7 Å². The Labute approximate surface area is 109 Å². The highest BCUT2D eigenvalue weighted by atomic mass is 16.1. The van der Waals surface area contributed by atoms with Crippen LogP contribution in [0.3, 0.4) is 0 Å². The molecule has 0 radical (unpaired) electrons. The number of anilines is 1. The van der Waals surface area contributed by atoms with E-state index in [1.165, 1.54) is 5.69 Å². The van der Waals surface area contributed by atoms with Crippen LogP contribution in [-0.4, -0.2) is 57.5 Å². The predicted octanol–water partition coefficient (Wildman–Crippen LogP) is 0.841. The van der Waals surface area contributed by atoms with E-state index in [4.69, 9.17) is 0 Å². The quantitative estimate of drug-likeness (QED) is 0.800. The highest BCUT2D eigenvalue weighted by molar-refractivity contribution is 5.97. The summed E-state index contributed by atoms with van der Waals surface area (Å²) in [5.74, 6) is 0.141. The van der Waals surface area contributed by atoms with Gasteiger partial charge in [0.15, 0.2) is 5.78 Å². The molecule has 18 heavy (non-hydrogen) atoms. The third kappa shape index (κ3) is 3.09. The molecule has 0 unspecified atom stereocenters. The molecular weight excluding hydrogens is 226 g/mol. The number of ketones is 1. The molecule has 0 atom stereocenters. The first kappa shape index (κ1) is 13.1. The summed E-state index contributed by atoms with van der Waals surface area (Å²) in [6.45, 7) is 4.70. The Bertz CT molecular complexity index is 394. The van der Waals surface area contributed by atoms with Crippen LogP contribution in [-0.2, 0) is 0 Å². The molecule has 0 spiro atoms. The Morgan fingerprint density at radius 2 is 1.78 bits per heavy atom. The molecule has 4 nitrogen and oxygen atoms in total. The predicted molar refractivity (Wildman–Crippen MR) is 74.4 cm³/mol. The van der Waals surface area contributed by atoms with Crippen molar-refractivity contribution < 1.29 is 4.79 Å². The highest BCUT2D eigenvalue weighted by Gasteiger charge is 2.14. The first-order valence-electron chi connectivity index (χ1n) is 6.42. The van der Waals surface area contributed by atoms with Gasteiger partial charge in [-0.3, -0.25) is 4.79 Å². The van der Waals surface area contributed by atoms with Crippen LogP contribution in [0.15, 0.2) is 24.3 Å². The van der Waals surface area contributed by atoms with E-state index in [9.17, 15) is 4.79 Å². The van der Waals surface area contributed by atoms with Gasteiger partial charge in [0.1, 0.15) is 0 Å². The number of nitrogens with zero attached hydrogens (tertiary/aromatic N) is 2. The Kier molecular flexibility index (Phi) is 4.33. The standard InChI is InChI=1S/C14H21N3O/c1-15-11-14(18)12-3-5-13(6-4-12)17-9-7-16(2)8-10-17/h3-6,15H,7-11H2,1-2H3. The fourth-order valence-corrected chi connectivity index (χ4v) is 2.19. The first-order valence-corrected chi connectivity index (χ1v) is 6.42. The molecule has 4 heteroatoms. The van der Waals surface area contributed by atoms with Gasteiger partial charge in [0, 0.05) is 37.4 Å². The van der Waals surface area contributed by atoms with E-state index in [0.29, 0.717) is 6.54 Å². The first-order chi connectivity index (χ1) is 8.70. The van der Waals surface area contributed by atoms with Crippen LogP contribution < -0.4 is 10.2 Å². The van der Waals surface area contributed by atoms with Crippen LogP contribution in [0, 0.1) is 0 Å². The lowest BCUT2D eigenvalue weighted by Crippen LogP contribution is -2.44. The lowest BCUT2D eigenvalue weighted by molar-refractivity contribution is 0.0993. The number of piperazine rings is 1. The lowest BCUT2D eigenvalue weighted by atomic mass is 10.1. The molecule has 0 aliphatic carbocycles. The molecule has 0 aromatic heterocycles. The van der Waals surface area contributed by atoms with Gasteiger partial charge in [0.25, 0.3) is 0 Å². The van der Waals surface area contributed by atoms with Crippen LogP contribution in [0.5, 0.6) is 0 Å². The van der Waals surface area contributed by atoms with Gasteiger partial charge in [-0.2, -0.15) is 0 Å². The average Bonchev–Trinajstić information content (AvgIpc) is 2.40. The second-order valence-electron chi connectivity index (χ2n) is 4.79. The Morgan fingerprint density at radius 1 is 1.17 bits per heavy atom. The molecule has 1 saturated heterocycles. The van der Waals surface area contributed by atoms with Crippen molar-refractivity contribution in [1.29, 1.82) is 0 Å². The minimum Gasteiger partial charge on any atom is -0.369 e. The van der Waals surface area contributed by atoms with Crippen molar-refractivity contribution >= 4 is 11.5 Å². The summed E-state index contributed by atoms with van der Waals surface area (Å²) < 4.78 is 0. The Balaban J connectivity index is 2.01. The maximum absolute atomic E-state index is 11.7. The summed E-state index contributed by atoms with van der Waals surface area (Å²) in [5.41, 5.74) is 1.99. The highest BCUT2D eigenvalue weighted by Crippen LogP contribution is 2.17. The van der Waals surface area contributed by atoms with Crippen molar-refractivity contribution in [2.24, 2.45) is 0 Å². The zero-order valence-electron chi connectivity index (χ0n) is 11.1. The second kappa shape index (κ2) is 5.98. The number of hydrogen-bond donors (Lipinski definition) is 1. The molecular formula is C14H21N3O. The number of hydrogen-bond acceptors (Lipinski definition) is 4. The zero-order valence-corrected chi connectivity index (χ0v) is 11.1. The van der Waals surface area contributed by atoms with Crippen LogP contribution >= 0.6 is 0 Å². The number of carbonyl (C=O) groups excluding carboxylic acids is 1. The van der Waals surface area contributed by atoms with E-state index in [1.54, 1.807) is 7.05 Å². The third-order valence-electron chi connectivity index (χ3n) is 3.40. The largest absolute Gasteiger partial charge is 0.369 e. The van der Waals surface area contributed by atoms with Crippen molar-refractivity contribution in [2.45, 2.75) is 0 Å². The molecule has 1 aromatic carbocycles. The molecule has 1 N–H and O–H groups in total. The van der Waals surface area contributed by atoms with Crippen molar-refractivity contribution in [3.05, 3.63) is 29.8 Å². The fourth-order valence-electron chi connectivity index (χ4n) is 2.19. The van der Waals surface area contributed by atoms with Crippen LogP contribution in [0.2, 0.25) is 0 Å². The van der Waals surface area contributed by atoms with Gasteiger partial charge in [0.2, 0.25) is 0 Å². The Morgan fingerprint density at radius 3 is 2.33 bits per heavy atom. The van der Waals surface area contributed by atoms with Crippen molar-refractivity contribution in [2.75, 3.05) is 51.7 Å². The van der Waals surface area contributed by atoms with E-state index in [2.05, 4.69) is 22.2 Å². The second-order valence-corrected chi connectivity index (χ2v) is 4.79. The van der Waals surface area contributed by atoms with E-state index < -0.39 is 0 Å². The van der Waals surface area contributed by atoms with E-state index in [-0.39, 0.29) is 5.78 Å². The van der Waals surface area contributed by atoms with E-state index >= 15 is 0 Å². The average molecular weight is 247 g/mol. The number of Topliss-reactive ketones (excluding diaryl/α,β-unsaturated/α-hetero) is 1. The minimum atomic E-state index is 0.141. The molecule has 0 amide bonds. The number of likely N-dealkylation sites (N-methyl/N-ethyl adjacent to an activating group) is 2. The smallest absolute Gasteiger partial charge is 0.176 e. The van der Waals surface area contributed by atoms with Crippen molar-refractivity contribution in [3.8, 4) is 0 Å². The Hall–Kier alpha value is -1.39. The molecule has 1 heterocycles. The third-order valence-corrected chi connectivity index (χ3v) is 3.40. The summed E-state index contributed by atoms with van der Waals surface area (Å²) >= 11 is 0.